The van der Waals surface area contributed by atoms with Crippen molar-refractivity contribution in [1.82, 2.24) is 4.98 Å². The predicted octanol–water partition coefficient (Wildman–Crippen LogP) is 3.20. The quantitative estimate of drug-likeness (QED) is 0.853. The highest BCUT2D eigenvalue weighted by Gasteiger charge is 2.25. The minimum atomic E-state index is 0.254. The number of thiazole rings is 1. The third kappa shape index (κ3) is 2.08. The van der Waals surface area contributed by atoms with Crippen LogP contribution in [-0.2, 0) is 0 Å². The van der Waals surface area contributed by atoms with Crippen LogP contribution in [0.5, 0.6) is 0 Å². The lowest BCUT2D eigenvalue weighted by atomic mass is 9.86. The molecule has 0 radical (unpaired) electrons. The summed E-state index contributed by atoms with van der Waals surface area (Å²) in [6.07, 6.45) is 4.98. The molecule has 1 aliphatic carbocycles. The van der Waals surface area contributed by atoms with E-state index in [1.165, 1.54) is 29.1 Å². The molecule has 1 fully saturated rings. The Morgan fingerprint density at radius 3 is 2.73 bits per heavy atom. The fourth-order valence-electron chi connectivity index (χ4n) is 2.04. The van der Waals surface area contributed by atoms with Crippen LogP contribution in [0.15, 0.2) is 0 Å². The fraction of sp³-hybridized carbons (Fsp3) is 0.750. The van der Waals surface area contributed by atoms with Gasteiger partial charge in [-0.15, -0.1) is 11.3 Å². The third-order valence-corrected chi connectivity index (χ3v) is 4.87. The topological polar surface area (TPSA) is 33.1 Å². The highest BCUT2D eigenvalue weighted by molar-refractivity contribution is 7.12. The van der Waals surface area contributed by atoms with Crippen LogP contribution in [-0.4, -0.2) is 16.7 Å². The average molecular weight is 225 g/mol. The van der Waals surface area contributed by atoms with Crippen molar-refractivity contribution in [2.75, 3.05) is 6.61 Å². The molecule has 1 saturated carbocycles. The van der Waals surface area contributed by atoms with E-state index < -0.39 is 0 Å². The Morgan fingerprint density at radius 2 is 2.27 bits per heavy atom. The number of hydrogen-bond acceptors (Lipinski definition) is 3. The summed E-state index contributed by atoms with van der Waals surface area (Å²) in [5.41, 5.74) is 1.14. The van der Waals surface area contributed by atoms with Crippen LogP contribution in [0.25, 0.3) is 0 Å². The van der Waals surface area contributed by atoms with Gasteiger partial charge < -0.3 is 5.11 Å². The monoisotopic (exact) mass is 225 g/mol. The van der Waals surface area contributed by atoms with E-state index in [0.29, 0.717) is 5.92 Å². The molecule has 1 heterocycles. The Morgan fingerprint density at radius 1 is 1.53 bits per heavy atom. The zero-order valence-corrected chi connectivity index (χ0v) is 10.3. The Kier molecular flexibility index (Phi) is 3.42. The number of hydrogen-bond donors (Lipinski definition) is 1. The SMILES string of the molecule is CCC(CO)c1sc(C2CCC2)nc1C. The molecular formula is C12H19NOS. The smallest absolute Gasteiger partial charge is 0.0962 e. The Hall–Kier alpha value is -0.410. The van der Waals surface area contributed by atoms with Gasteiger partial charge in [-0.1, -0.05) is 13.3 Å². The number of aliphatic hydroxyl groups is 1. The van der Waals surface area contributed by atoms with Crippen molar-refractivity contribution in [1.29, 1.82) is 0 Å². The van der Waals surface area contributed by atoms with Gasteiger partial charge in [0.15, 0.2) is 0 Å². The summed E-state index contributed by atoms with van der Waals surface area (Å²) in [5, 5.41) is 10.6. The first kappa shape index (κ1) is 11.1. The second-order valence-electron chi connectivity index (χ2n) is 4.42. The van der Waals surface area contributed by atoms with Gasteiger partial charge in [0.05, 0.1) is 17.3 Å². The van der Waals surface area contributed by atoms with E-state index in [0.717, 1.165) is 18.0 Å². The second kappa shape index (κ2) is 4.62. The molecule has 3 heteroatoms. The summed E-state index contributed by atoms with van der Waals surface area (Å²) < 4.78 is 0. The summed E-state index contributed by atoms with van der Waals surface area (Å²) in [7, 11) is 0. The number of aliphatic hydroxyl groups excluding tert-OH is 1. The highest BCUT2D eigenvalue weighted by Crippen LogP contribution is 2.41. The first-order valence-electron chi connectivity index (χ1n) is 5.84. The van der Waals surface area contributed by atoms with E-state index in [9.17, 15) is 5.11 Å². The molecule has 0 aliphatic heterocycles. The van der Waals surface area contributed by atoms with E-state index in [1.54, 1.807) is 0 Å². The van der Waals surface area contributed by atoms with Crippen molar-refractivity contribution < 1.29 is 5.11 Å². The van der Waals surface area contributed by atoms with Crippen LogP contribution in [0.1, 0.15) is 60.0 Å². The van der Waals surface area contributed by atoms with Crippen LogP contribution in [0.3, 0.4) is 0 Å². The number of nitrogens with zero attached hydrogens (tertiary/aromatic N) is 1. The average Bonchev–Trinajstić information content (AvgIpc) is 2.47. The summed E-state index contributed by atoms with van der Waals surface area (Å²) >= 11 is 1.83. The zero-order valence-electron chi connectivity index (χ0n) is 9.49. The summed E-state index contributed by atoms with van der Waals surface area (Å²) in [6, 6.07) is 0. The lowest BCUT2D eigenvalue weighted by Crippen LogP contribution is -2.07. The molecule has 2 rings (SSSR count). The van der Waals surface area contributed by atoms with Crippen molar-refractivity contribution in [3.63, 3.8) is 0 Å². The molecule has 1 atom stereocenters. The van der Waals surface area contributed by atoms with Crippen molar-refractivity contribution in [2.45, 2.75) is 51.4 Å². The fourth-order valence-corrected chi connectivity index (χ4v) is 3.45. The van der Waals surface area contributed by atoms with Gasteiger partial charge in [0.25, 0.3) is 0 Å². The maximum Gasteiger partial charge on any atom is 0.0962 e. The van der Waals surface area contributed by atoms with Crippen LogP contribution in [0, 0.1) is 6.92 Å². The van der Waals surface area contributed by atoms with E-state index in [-0.39, 0.29) is 6.61 Å². The minimum Gasteiger partial charge on any atom is -0.396 e. The molecule has 15 heavy (non-hydrogen) atoms. The van der Waals surface area contributed by atoms with Crippen LogP contribution < -0.4 is 0 Å². The molecule has 0 spiro atoms. The lowest BCUT2D eigenvalue weighted by Gasteiger charge is -2.22. The predicted molar refractivity (Wildman–Crippen MR) is 63.6 cm³/mol. The summed E-state index contributed by atoms with van der Waals surface area (Å²) in [4.78, 5) is 5.96. The highest BCUT2D eigenvalue weighted by atomic mass is 32.1. The molecule has 1 aromatic rings. The molecule has 0 saturated heterocycles. The van der Waals surface area contributed by atoms with Crippen molar-refractivity contribution in [2.24, 2.45) is 0 Å². The molecule has 1 aromatic heterocycles. The molecule has 0 aromatic carbocycles. The molecule has 1 unspecified atom stereocenters. The first-order valence-corrected chi connectivity index (χ1v) is 6.66. The number of aromatic nitrogens is 1. The van der Waals surface area contributed by atoms with Crippen LogP contribution >= 0.6 is 11.3 Å². The number of rotatable bonds is 4. The molecule has 84 valence electrons. The molecule has 1 aliphatic rings. The summed E-state index contributed by atoms with van der Waals surface area (Å²) in [5.74, 6) is 1.02. The molecule has 1 N–H and O–H groups in total. The standard InChI is InChI=1S/C12H19NOS/c1-3-9(7-14)11-8(2)13-12(15-11)10-5-4-6-10/h9-10,14H,3-7H2,1-2H3. The van der Waals surface area contributed by atoms with Crippen LogP contribution in [0.4, 0.5) is 0 Å². The molecular weight excluding hydrogens is 206 g/mol. The van der Waals surface area contributed by atoms with Gasteiger partial charge in [0.2, 0.25) is 0 Å². The number of aryl methyl sites for hydroxylation is 1. The van der Waals surface area contributed by atoms with E-state index in [1.807, 2.05) is 11.3 Å². The van der Waals surface area contributed by atoms with Crippen molar-refractivity contribution in [3.8, 4) is 0 Å². The maximum atomic E-state index is 9.30. The van der Waals surface area contributed by atoms with Gasteiger partial charge in [0, 0.05) is 16.7 Å². The van der Waals surface area contributed by atoms with Gasteiger partial charge in [-0.3, -0.25) is 0 Å². The zero-order chi connectivity index (χ0) is 10.8. The maximum absolute atomic E-state index is 9.30. The molecule has 2 nitrogen and oxygen atoms in total. The van der Waals surface area contributed by atoms with E-state index >= 15 is 0 Å². The summed E-state index contributed by atoms with van der Waals surface area (Å²) in [6.45, 7) is 4.46. The lowest BCUT2D eigenvalue weighted by molar-refractivity contribution is 0.263. The van der Waals surface area contributed by atoms with E-state index in [4.69, 9.17) is 0 Å². The van der Waals surface area contributed by atoms with Gasteiger partial charge in [0.1, 0.15) is 0 Å². The van der Waals surface area contributed by atoms with Crippen molar-refractivity contribution in [3.05, 3.63) is 15.6 Å². The van der Waals surface area contributed by atoms with Gasteiger partial charge in [-0.25, -0.2) is 4.98 Å². The molecule has 0 bridgehead atoms. The van der Waals surface area contributed by atoms with Gasteiger partial charge >= 0.3 is 0 Å². The van der Waals surface area contributed by atoms with E-state index in [2.05, 4.69) is 18.8 Å². The van der Waals surface area contributed by atoms with Gasteiger partial charge in [-0.2, -0.15) is 0 Å². The first-order chi connectivity index (χ1) is 7.26. The minimum absolute atomic E-state index is 0.254. The Bertz CT molecular complexity index is 326. The third-order valence-electron chi connectivity index (χ3n) is 3.39. The second-order valence-corrected chi connectivity index (χ2v) is 5.48. The van der Waals surface area contributed by atoms with Crippen molar-refractivity contribution >= 4 is 11.3 Å². The van der Waals surface area contributed by atoms with Gasteiger partial charge in [-0.05, 0) is 26.2 Å². The largest absolute Gasteiger partial charge is 0.396 e. The van der Waals surface area contributed by atoms with Crippen LogP contribution in [0.2, 0.25) is 0 Å². The Labute approximate surface area is 95.4 Å². The Balaban J connectivity index is 2.19. The normalized spacial score (nSPS) is 18.9. The molecule has 0 amide bonds.